The highest BCUT2D eigenvalue weighted by Gasteiger charge is 2.21. The molecule has 27 heavy (non-hydrogen) atoms. The van der Waals surface area contributed by atoms with Crippen molar-refractivity contribution in [2.45, 2.75) is 12.8 Å². The lowest BCUT2D eigenvalue weighted by molar-refractivity contribution is -0.120. The zero-order valence-corrected chi connectivity index (χ0v) is 15.0. The summed E-state index contributed by atoms with van der Waals surface area (Å²) in [5.74, 6) is -1.43. The average Bonchev–Trinajstić information content (AvgIpc) is 2.98. The standard InChI is InChI=1S/C20H19F2N3O2/c1-23-18(26)11-9-15-19(13-6-4-3-5-7-13)24-25(2)20(15)27-17-10-8-14(21)12-16(17)22/h3-8,10,12H,9,11H2,1-2H3,(H,23,26). The van der Waals surface area contributed by atoms with Crippen LogP contribution in [-0.4, -0.2) is 22.7 Å². The Morgan fingerprint density at radius 1 is 1.19 bits per heavy atom. The Hall–Kier alpha value is -3.22. The first kappa shape index (κ1) is 18.6. The Bertz CT molecular complexity index is 955. The number of benzene rings is 2. The van der Waals surface area contributed by atoms with Gasteiger partial charge in [0.1, 0.15) is 5.82 Å². The Kier molecular flexibility index (Phi) is 5.49. The van der Waals surface area contributed by atoms with Crippen molar-refractivity contribution in [1.29, 1.82) is 0 Å². The van der Waals surface area contributed by atoms with Gasteiger partial charge < -0.3 is 10.1 Å². The number of carbonyl (C=O) groups is 1. The molecular formula is C20H19F2N3O2. The molecule has 1 amide bonds. The second-order valence-electron chi connectivity index (χ2n) is 5.97. The first-order valence-electron chi connectivity index (χ1n) is 8.44. The summed E-state index contributed by atoms with van der Waals surface area (Å²) < 4.78 is 34.4. The van der Waals surface area contributed by atoms with Gasteiger partial charge in [-0.15, -0.1) is 0 Å². The monoisotopic (exact) mass is 371 g/mol. The molecule has 3 aromatic rings. The lowest BCUT2D eigenvalue weighted by atomic mass is 10.0. The van der Waals surface area contributed by atoms with E-state index in [0.717, 1.165) is 17.7 Å². The van der Waals surface area contributed by atoms with E-state index in [9.17, 15) is 13.6 Å². The maximum atomic E-state index is 14.0. The van der Waals surface area contributed by atoms with Gasteiger partial charge in [0, 0.05) is 37.7 Å². The lowest BCUT2D eigenvalue weighted by Crippen LogP contribution is -2.18. The molecule has 2 aromatic carbocycles. The second kappa shape index (κ2) is 7.99. The molecule has 0 aliphatic heterocycles. The summed E-state index contributed by atoms with van der Waals surface area (Å²) in [5, 5.41) is 7.07. The Balaban J connectivity index is 2.03. The topological polar surface area (TPSA) is 56.2 Å². The van der Waals surface area contributed by atoms with Gasteiger partial charge in [-0.05, 0) is 18.6 Å². The number of halogens is 2. The largest absolute Gasteiger partial charge is 0.436 e. The van der Waals surface area contributed by atoms with Crippen molar-refractivity contribution in [3.8, 4) is 22.9 Å². The first-order valence-corrected chi connectivity index (χ1v) is 8.44. The van der Waals surface area contributed by atoms with E-state index in [4.69, 9.17) is 4.74 Å². The normalized spacial score (nSPS) is 10.7. The number of carbonyl (C=O) groups excluding carboxylic acids is 1. The van der Waals surface area contributed by atoms with Crippen LogP contribution >= 0.6 is 0 Å². The third kappa shape index (κ3) is 4.13. The molecule has 0 aliphatic carbocycles. The van der Waals surface area contributed by atoms with Crippen LogP contribution in [0.5, 0.6) is 11.6 Å². The van der Waals surface area contributed by atoms with E-state index in [2.05, 4.69) is 10.4 Å². The highest BCUT2D eigenvalue weighted by molar-refractivity contribution is 5.76. The number of hydrogen-bond donors (Lipinski definition) is 1. The molecule has 1 heterocycles. The summed E-state index contributed by atoms with van der Waals surface area (Å²) in [7, 11) is 3.24. The number of aromatic nitrogens is 2. The maximum absolute atomic E-state index is 14.0. The van der Waals surface area contributed by atoms with Crippen molar-refractivity contribution in [3.05, 3.63) is 65.7 Å². The minimum atomic E-state index is -0.810. The molecule has 0 saturated heterocycles. The molecule has 0 spiro atoms. The van der Waals surface area contributed by atoms with Crippen molar-refractivity contribution >= 4 is 5.91 Å². The fourth-order valence-corrected chi connectivity index (χ4v) is 2.76. The molecule has 0 atom stereocenters. The van der Waals surface area contributed by atoms with Gasteiger partial charge >= 0.3 is 0 Å². The van der Waals surface area contributed by atoms with Crippen LogP contribution in [0.3, 0.4) is 0 Å². The molecule has 140 valence electrons. The number of nitrogens with zero attached hydrogens (tertiary/aromatic N) is 2. The summed E-state index contributed by atoms with van der Waals surface area (Å²) in [6.07, 6.45) is 0.584. The summed E-state index contributed by atoms with van der Waals surface area (Å²) in [4.78, 5) is 11.7. The predicted molar refractivity (Wildman–Crippen MR) is 97.5 cm³/mol. The van der Waals surface area contributed by atoms with Crippen molar-refractivity contribution in [2.75, 3.05) is 7.05 Å². The van der Waals surface area contributed by atoms with Gasteiger partial charge in [0.25, 0.3) is 0 Å². The number of hydrogen-bond acceptors (Lipinski definition) is 3. The fraction of sp³-hybridized carbons (Fsp3) is 0.200. The van der Waals surface area contributed by atoms with E-state index in [1.165, 1.54) is 10.7 Å². The molecule has 5 nitrogen and oxygen atoms in total. The summed E-state index contributed by atoms with van der Waals surface area (Å²) in [6, 6.07) is 12.6. The Labute approximate surface area is 155 Å². The molecule has 7 heteroatoms. The molecule has 0 radical (unpaired) electrons. The zero-order chi connectivity index (χ0) is 19.4. The molecule has 1 aromatic heterocycles. The Morgan fingerprint density at radius 2 is 1.93 bits per heavy atom. The third-order valence-corrected chi connectivity index (χ3v) is 4.12. The molecule has 0 saturated carbocycles. The van der Waals surface area contributed by atoms with E-state index in [1.54, 1.807) is 14.1 Å². The highest BCUT2D eigenvalue weighted by Crippen LogP contribution is 2.34. The van der Waals surface area contributed by atoms with Crippen molar-refractivity contribution in [3.63, 3.8) is 0 Å². The highest BCUT2D eigenvalue weighted by atomic mass is 19.1. The van der Waals surface area contributed by atoms with Crippen LogP contribution in [0.4, 0.5) is 8.78 Å². The molecule has 0 unspecified atom stereocenters. The molecule has 0 bridgehead atoms. The molecule has 1 N–H and O–H groups in total. The van der Waals surface area contributed by atoms with E-state index < -0.39 is 11.6 Å². The van der Waals surface area contributed by atoms with Gasteiger partial charge in [-0.1, -0.05) is 30.3 Å². The van der Waals surface area contributed by atoms with E-state index >= 15 is 0 Å². The molecule has 0 fully saturated rings. The molecular weight excluding hydrogens is 352 g/mol. The molecule has 0 aliphatic rings. The average molecular weight is 371 g/mol. The number of rotatable bonds is 6. The van der Waals surface area contributed by atoms with Crippen molar-refractivity contribution < 1.29 is 18.3 Å². The fourth-order valence-electron chi connectivity index (χ4n) is 2.76. The van der Waals surface area contributed by atoms with Crippen LogP contribution in [0, 0.1) is 11.6 Å². The van der Waals surface area contributed by atoms with Crippen LogP contribution in [0.2, 0.25) is 0 Å². The first-order chi connectivity index (χ1) is 13.0. The minimum absolute atomic E-state index is 0.111. The van der Waals surface area contributed by atoms with Gasteiger partial charge in [-0.3, -0.25) is 4.79 Å². The van der Waals surface area contributed by atoms with E-state index in [0.29, 0.717) is 23.6 Å². The van der Waals surface area contributed by atoms with E-state index in [-0.39, 0.29) is 18.1 Å². The molecule has 3 rings (SSSR count). The summed E-state index contributed by atoms with van der Waals surface area (Å²) in [6.45, 7) is 0. The van der Waals surface area contributed by atoms with Crippen LogP contribution in [0.15, 0.2) is 48.5 Å². The van der Waals surface area contributed by atoms with Crippen LogP contribution < -0.4 is 10.1 Å². The van der Waals surface area contributed by atoms with Crippen LogP contribution in [0.1, 0.15) is 12.0 Å². The summed E-state index contributed by atoms with van der Waals surface area (Å²) >= 11 is 0. The van der Waals surface area contributed by atoms with Crippen LogP contribution in [0.25, 0.3) is 11.3 Å². The third-order valence-electron chi connectivity index (χ3n) is 4.12. The number of nitrogens with one attached hydrogen (secondary N) is 1. The zero-order valence-electron chi connectivity index (χ0n) is 15.0. The quantitative estimate of drug-likeness (QED) is 0.716. The number of aryl methyl sites for hydroxylation is 1. The SMILES string of the molecule is CNC(=O)CCc1c(-c2ccccc2)nn(C)c1Oc1ccc(F)cc1F. The van der Waals surface area contributed by atoms with Crippen molar-refractivity contribution in [2.24, 2.45) is 7.05 Å². The maximum Gasteiger partial charge on any atom is 0.221 e. The Morgan fingerprint density at radius 3 is 2.59 bits per heavy atom. The van der Waals surface area contributed by atoms with Gasteiger partial charge in [0.05, 0.1) is 5.69 Å². The minimum Gasteiger partial charge on any atom is -0.436 e. The lowest BCUT2D eigenvalue weighted by Gasteiger charge is -2.10. The van der Waals surface area contributed by atoms with E-state index in [1.807, 2.05) is 30.3 Å². The second-order valence-corrected chi connectivity index (χ2v) is 5.97. The smallest absolute Gasteiger partial charge is 0.221 e. The van der Waals surface area contributed by atoms with Gasteiger partial charge in [0.15, 0.2) is 11.6 Å². The van der Waals surface area contributed by atoms with Gasteiger partial charge in [0.2, 0.25) is 11.8 Å². The number of ether oxygens (including phenoxy) is 1. The van der Waals surface area contributed by atoms with Gasteiger partial charge in [-0.2, -0.15) is 5.10 Å². The number of amides is 1. The summed E-state index contributed by atoms with van der Waals surface area (Å²) in [5.41, 5.74) is 2.19. The van der Waals surface area contributed by atoms with Gasteiger partial charge in [-0.25, -0.2) is 13.5 Å². The van der Waals surface area contributed by atoms with Crippen molar-refractivity contribution in [1.82, 2.24) is 15.1 Å². The predicted octanol–water partition coefficient (Wildman–Crippen LogP) is 3.84. The van der Waals surface area contributed by atoms with Crippen LogP contribution in [-0.2, 0) is 18.3 Å².